The third-order valence-corrected chi connectivity index (χ3v) is 3.72. The number of hydrogen-bond acceptors (Lipinski definition) is 4. The van der Waals surface area contributed by atoms with Crippen molar-refractivity contribution in [3.63, 3.8) is 0 Å². The molecule has 8 nitrogen and oxygen atoms in total. The van der Waals surface area contributed by atoms with Crippen molar-refractivity contribution in [2.45, 2.75) is 24.9 Å². The minimum Gasteiger partial charge on any atom is -0.338 e. The van der Waals surface area contributed by atoms with Gasteiger partial charge in [0.25, 0.3) is 5.91 Å². The molecule has 2 N–H and O–H groups in total. The molecule has 106 valence electrons. The van der Waals surface area contributed by atoms with Gasteiger partial charge in [0.15, 0.2) is 0 Å². The number of nitrogens with zero attached hydrogens (tertiary/aromatic N) is 3. The zero-order valence-corrected chi connectivity index (χ0v) is 10.8. The standard InChI is InChI=1S/C12H15N5O3/c18-9(7-17-6-2-4-13-17)16-5-1-3-12(8-16)10(19)14-11(20)15-12/h2,4,6H,1,3,5,7-8H2,(H2,14,15,19,20). The summed E-state index contributed by atoms with van der Waals surface area (Å²) < 4.78 is 1.54. The van der Waals surface area contributed by atoms with Crippen LogP contribution in [0.4, 0.5) is 4.79 Å². The summed E-state index contributed by atoms with van der Waals surface area (Å²) >= 11 is 0. The van der Waals surface area contributed by atoms with E-state index in [1.807, 2.05) is 0 Å². The summed E-state index contributed by atoms with van der Waals surface area (Å²) in [6.07, 6.45) is 4.55. The van der Waals surface area contributed by atoms with Crippen LogP contribution in [0.15, 0.2) is 18.5 Å². The summed E-state index contributed by atoms with van der Waals surface area (Å²) in [5, 5.41) is 8.87. The van der Waals surface area contributed by atoms with Crippen molar-refractivity contribution >= 4 is 17.8 Å². The molecular formula is C12H15N5O3. The molecule has 3 rings (SSSR count). The molecule has 2 aliphatic rings. The van der Waals surface area contributed by atoms with Crippen molar-refractivity contribution in [2.24, 2.45) is 0 Å². The molecule has 1 unspecified atom stereocenters. The van der Waals surface area contributed by atoms with E-state index >= 15 is 0 Å². The van der Waals surface area contributed by atoms with E-state index in [0.29, 0.717) is 19.4 Å². The third kappa shape index (κ3) is 2.13. The first kappa shape index (κ1) is 12.6. The Kier molecular flexibility index (Phi) is 2.92. The molecule has 3 heterocycles. The Bertz CT molecular complexity index is 555. The molecule has 1 aromatic rings. The molecule has 2 aliphatic heterocycles. The molecule has 4 amide bonds. The van der Waals surface area contributed by atoms with E-state index in [-0.39, 0.29) is 24.9 Å². The number of likely N-dealkylation sites (tertiary alicyclic amines) is 1. The van der Waals surface area contributed by atoms with Gasteiger partial charge in [-0.3, -0.25) is 19.6 Å². The Morgan fingerprint density at radius 2 is 2.30 bits per heavy atom. The first-order valence-corrected chi connectivity index (χ1v) is 6.48. The van der Waals surface area contributed by atoms with Gasteiger partial charge < -0.3 is 10.2 Å². The SMILES string of the molecule is O=C1NC(=O)C2(CCCN(C(=O)Cn3cccn3)C2)N1. The second kappa shape index (κ2) is 4.62. The summed E-state index contributed by atoms with van der Waals surface area (Å²) in [7, 11) is 0. The summed E-state index contributed by atoms with van der Waals surface area (Å²) in [6.45, 7) is 0.939. The zero-order chi connectivity index (χ0) is 14.2. The Balaban J connectivity index is 1.70. The van der Waals surface area contributed by atoms with Crippen LogP contribution in [0.5, 0.6) is 0 Å². The molecule has 0 saturated carbocycles. The van der Waals surface area contributed by atoms with Crippen LogP contribution < -0.4 is 10.6 Å². The highest BCUT2D eigenvalue weighted by molar-refractivity contribution is 6.07. The van der Waals surface area contributed by atoms with Crippen LogP contribution in [0.1, 0.15) is 12.8 Å². The van der Waals surface area contributed by atoms with Gasteiger partial charge in [-0.15, -0.1) is 0 Å². The molecule has 0 aromatic carbocycles. The number of imide groups is 1. The number of carbonyl (C=O) groups is 3. The lowest BCUT2D eigenvalue weighted by atomic mass is 9.89. The van der Waals surface area contributed by atoms with Gasteiger partial charge >= 0.3 is 6.03 Å². The molecule has 1 aromatic heterocycles. The third-order valence-electron chi connectivity index (χ3n) is 3.72. The lowest BCUT2D eigenvalue weighted by Gasteiger charge is -2.38. The number of rotatable bonds is 2. The van der Waals surface area contributed by atoms with E-state index < -0.39 is 11.6 Å². The summed E-state index contributed by atoms with van der Waals surface area (Å²) in [5.74, 6) is -0.458. The van der Waals surface area contributed by atoms with E-state index in [4.69, 9.17) is 0 Å². The van der Waals surface area contributed by atoms with Gasteiger partial charge in [-0.05, 0) is 18.9 Å². The number of aromatic nitrogens is 2. The predicted molar refractivity (Wildman–Crippen MR) is 67.4 cm³/mol. The van der Waals surface area contributed by atoms with Crippen LogP contribution in [-0.2, 0) is 16.1 Å². The topological polar surface area (TPSA) is 96.3 Å². The molecule has 0 radical (unpaired) electrons. The van der Waals surface area contributed by atoms with Crippen LogP contribution in [0, 0.1) is 0 Å². The average molecular weight is 277 g/mol. The van der Waals surface area contributed by atoms with Gasteiger partial charge in [0.1, 0.15) is 12.1 Å². The molecule has 20 heavy (non-hydrogen) atoms. The fraction of sp³-hybridized carbons (Fsp3) is 0.500. The number of piperidine rings is 1. The smallest absolute Gasteiger partial charge is 0.322 e. The number of urea groups is 1. The molecule has 0 aliphatic carbocycles. The first-order valence-electron chi connectivity index (χ1n) is 6.48. The monoisotopic (exact) mass is 277 g/mol. The number of carbonyl (C=O) groups excluding carboxylic acids is 3. The highest BCUT2D eigenvalue weighted by Gasteiger charge is 2.49. The van der Waals surface area contributed by atoms with Gasteiger partial charge in [0, 0.05) is 18.9 Å². The van der Waals surface area contributed by atoms with Crippen LogP contribution >= 0.6 is 0 Å². The van der Waals surface area contributed by atoms with Crippen molar-refractivity contribution < 1.29 is 14.4 Å². The van der Waals surface area contributed by atoms with Crippen LogP contribution in [-0.4, -0.2) is 51.2 Å². The first-order chi connectivity index (χ1) is 9.59. The van der Waals surface area contributed by atoms with E-state index in [0.717, 1.165) is 0 Å². The number of nitrogens with one attached hydrogen (secondary N) is 2. The number of hydrogen-bond donors (Lipinski definition) is 2. The van der Waals surface area contributed by atoms with E-state index in [9.17, 15) is 14.4 Å². The maximum atomic E-state index is 12.2. The maximum absolute atomic E-state index is 12.2. The lowest BCUT2D eigenvalue weighted by molar-refractivity contribution is -0.136. The summed E-state index contributed by atoms with van der Waals surface area (Å²) in [4.78, 5) is 37.0. The largest absolute Gasteiger partial charge is 0.338 e. The fourth-order valence-electron chi connectivity index (χ4n) is 2.72. The van der Waals surface area contributed by atoms with Crippen LogP contribution in [0.25, 0.3) is 0 Å². The Hall–Kier alpha value is -2.38. The normalized spacial score (nSPS) is 25.7. The van der Waals surface area contributed by atoms with Crippen LogP contribution in [0.2, 0.25) is 0 Å². The molecule has 8 heteroatoms. The summed E-state index contributed by atoms with van der Waals surface area (Å²) in [5.41, 5.74) is -0.963. The van der Waals surface area contributed by atoms with Crippen molar-refractivity contribution in [1.82, 2.24) is 25.3 Å². The minimum absolute atomic E-state index is 0.110. The zero-order valence-electron chi connectivity index (χ0n) is 10.8. The van der Waals surface area contributed by atoms with Gasteiger partial charge in [-0.25, -0.2) is 4.79 Å². The molecule has 1 atom stereocenters. The Labute approximate surface area is 115 Å². The Morgan fingerprint density at radius 1 is 1.45 bits per heavy atom. The second-order valence-electron chi connectivity index (χ2n) is 5.11. The lowest BCUT2D eigenvalue weighted by Crippen LogP contribution is -2.59. The van der Waals surface area contributed by atoms with E-state index in [1.165, 1.54) is 4.68 Å². The van der Waals surface area contributed by atoms with Gasteiger partial charge in [-0.2, -0.15) is 5.10 Å². The number of amides is 4. The molecule has 2 saturated heterocycles. The molecule has 2 fully saturated rings. The Morgan fingerprint density at radius 3 is 2.95 bits per heavy atom. The predicted octanol–water partition coefficient (Wildman–Crippen LogP) is -0.916. The van der Waals surface area contributed by atoms with Crippen molar-refractivity contribution in [2.75, 3.05) is 13.1 Å². The maximum Gasteiger partial charge on any atom is 0.322 e. The second-order valence-corrected chi connectivity index (χ2v) is 5.11. The van der Waals surface area contributed by atoms with Crippen molar-refractivity contribution in [3.8, 4) is 0 Å². The van der Waals surface area contributed by atoms with E-state index in [2.05, 4.69) is 15.7 Å². The van der Waals surface area contributed by atoms with Crippen molar-refractivity contribution in [1.29, 1.82) is 0 Å². The van der Waals surface area contributed by atoms with Gasteiger partial charge in [-0.1, -0.05) is 0 Å². The van der Waals surface area contributed by atoms with E-state index in [1.54, 1.807) is 23.4 Å². The van der Waals surface area contributed by atoms with Crippen LogP contribution in [0.3, 0.4) is 0 Å². The molecule has 0 bridgehead atoms. The molecular weight excluding hydrogens is 262 g/mol. The summed E-state index contributed by atoms with van der Waals surface area (Å²) in [6, 6.07) is 1.26. The highest BCUT2D eigenvalue weighted by atomic mass is 16.2. The quantitative estimate of drug-likeness (QED) is 0.684. The van der Waals surface area contributed by atoms with Crippen molar-refractivity contribution in [3.05, 3.63) is 18.5 Å². The van der Waals surface area contributed by atoms with Gasteiger partial charge in [0.2, 0.25) is 5.91 Å². The average Bonchev–Trinajstić information content (AvgIpc) is 2.99. The van der Waals surface area contributed by atoms with Gasteiger partial charge in [0.05, 0.1) is 6.54 Å². The fourth-order valence-corrected chi connectivity index (χ4v) is 2.72. The minimum atomic E-state index is -0.963. The molecule has 1 spiro atoms. The highest BCUT2D eigenvalue weighted by Crippen LogP contribution is 2.24.